The number of amides is 1. The number of halogens is 1. The second-order valence-corrected chi connectivity index (χ2v) is 10.2. The molecule has 0 fully saturated rings. The molecule has 182 valence electrons. The average Bonchev–Trinajstić information content (AvgIpc) is 3.20. The van der Waals surface area contributed by atoms with Gasteiger partial charge in [0, 0.05) is 11.6 Å². The summed E-state index contributed by atoms with van der Waals surface area (Å²) in [7, 11) is -2.69. The standard InChI is InChI=1S/C26H25FN2O5S/c1-17-14-19-6-3-4-9-24(19)29(17)35(32,33)22-8-5-7-20(15-22)26(31)28-23(16-25(30)34-2)18-10-12-21(27)13-11-18/h3-13,15,17,23H,14,16H2,1-2H3,(H,28,31). The van der Waals surface area contributed by atoms with Crippen LogP contribution in [0.15, 0.2) is 77.7 Å². The van der Waals surface area contributed by atoms with Crippen LogP contribution in [0.3, 0.4) is 0 Å². The van der Waals surface area contributed by atoms with Crippen LogP contribution in [0.5, 0.6) is 0 Å². The van der Waals surface area contributed by atoms with E-state index in [1.165, 1.54) is 59.9 Å². The van der Waals surface area contributed by atoms with E-state index in [-0.39, 0.29) is 22.9 Å². The van der Waals surface area contributed by atoms with E-state index >= 15 is 0 Å². The molecule has 4 rings (SSSR count). The highest BCUT2D eigenvalue weighted by molar-refractivity contribution is 7.92. The third-order valence-electron chi connectivity index (χ3n) is 5.97. The first-order valence-electron chi connectivity index (χ1n) is 11.1. The molecule has 0 aromatic heterocycles. The summed E-state index contributed by atoms with van der Waals surface area (Å²) in [6.45, 7) is 1.84. The SMILES string of the molecule is COC(=O)CC(NC(=O)c1cccc(S(=O)(=O)N2c3ccccc3CC2C)c1)c1ccc(F)cc1. The third kappa shape index (κ3) is 5.05. The molecule has 2 unspecified atom stereocenters. The molecule has 0 bridgehead atoms. The van der Waals surface area contributed by atoms with Crippen LogP contribution in [0.2, 0.25) is 0 Å². The van der Waals surface area contributed by atoms with Gasteiger partial charge in [-0.2, -0.15) is 0 Å². The van der Waals surface area contributed by atoms with Crippen molar-refractivity contribution in [2.45, 2.75) is 36.7 Å². The van der Waals surface area contributed by atoms with E-state index in [0.29, 0.717) is 17.7 Å². The van der Waals surface area contributed by atoms with Crippen molar-refractivity contribution in [3.05, 3.63) is 95.3 Å². The zero-order valence-corrected chi connectivity index (χ0v) is 20.1. The van der Waals surface area contributed by atoms with Crippen LogP contribution in [0.4, 0.5) is 10.1 Å². The van der Waals surface area contributed by atoms with Crippen LogP contribution in [0.1, 0.15) is 40.9 Å². The number of ether oxygens (including phenoxy) is 1. The van der Waals surface area contributed by atoms with Crippen molar-refractivity contribution < 1.29 is 27.1 Å². The number of anilines is 1. The lowest BCUT2D eigenvalue weighted by atomic mass is 10.0. The fourth-order valence-electron chi connectivity index (χ4n) is 4.25. The van der Waals surface area contributed by atoms with Gasteiger partial charge in [-0.1, -0.05) is 36.4 Å². The van der Waals surface area contributed by atoms with Crippen LogP contribution < -0.4 is 9.62 Å². The lowest BCUT2D eigenvalue weighted by Gasteiger charge is -2.25. The molecule has 1 N–H and O–H groups in total. The Kier molecular flexibility index (Phi) is 6.88. The van der Waals surface area contributed by atoms with Gasteiger partial charge < -0.3 is 10.1 Å². The van der Waals surface area contributed by atoms with E-state index in [0.717, 1.165) is 5.56 Å². The Morgan fingerprint density at radius 1 is 1.09 bits per heavy atom. The molecule has 3 aromatic rings. The molecule has 9 heteroatoms. The Labute approximate surface area is 203 Å². The maximum atomic E-state index is 13.5. The van der Waals surface area contributed by atoms with E-state index in [1.54, 1.807) is 12.1 Å². The van der Waals surface area contributed by atoms with E-state index in [9.17, 15) is 22.4 Å². The first-order valence-corrected chi connectivity index (χ1v) is 12.5. The second kappa shape index (κ2) is 9.87. The number of carbonyl (C=O) groups is 2. The number of fused-ring (bicyclic) bond motifs is 1. The maximum Gasteiger partial charge on any atom is 0.307 e. The summed E-state index contributed by atoms with van der Waals surface area (Å²) >= 11 is 0. The summed E-state index contributed by atoms with van der Waals surface area (Å²) in [5, 5.41) is 2.74. The Bertz CT molecular complexity index is 1360. The lowest BCUT2D eigenvalue weighted by molar-refractivity contribution is -0.141. The number of benzene rings is 3. The van der Waals surface area contributed by atoms with E-state index in [1.807, 2.05) is 19.1 Å². The molecule has 35 heavy (non-hydrogen) atoms. The number of nitrogens with one attached hydrogen (secondary N) is 1. The van der Waals surface area contributed by atoms with E-state index < -0.39 is 33.8 Å². The number of esters is 1. The van der Waals surface area contributed by atoms with E-state index in [4.69, 9.17) is 4.74 Å². The van der Waals surface area contributed by atoms with Crippen LogP contribution in [-0.4, -0.2) is 33.4 Å². The Hall–Kier alpha value is -3.72. The molecule has 0 radical (unpaired) electrons. The van der Waals surface area contributed by atoms with Gasteiger partial charge in [0.05, 0.1) is 30.2 Å². The van der Waals surface area contributed by atoms with Gasteiger partial charge in [0.15, 0.2) is 0 Å². The highest BCUT2D eigenvalue weighted by atomic mass is 32.2. The molecular weight excluding hydrogens is 471 g/mol. The van der Waals surface area contributed by atoms with Crippen molar-refractivity contribution in [1.82, 2.24) is 5.32 Å². The minimum atomic E-state index is -3.93. The van der Waals surface area contributed by atoms with Gasteiger partial charge >= 0.3 is 5.97 Å². The van der Waals surface area contributed by atoms with Gasteiger partial charge in [-0.3, -0.25) is 13.9 Å². The first-order chi connectivity index (χ1) is 16.7. The summed E-state index contributed by atoms with van der Waals surface area (Å²) in [5.41, 5.74) is 2.20. The molecule has 7 nitrogen and oxygen atoms in total. The summed E-state index contributed by atoms with van der Waals surface area (Å²) in [6, 6.07) is 17.4. The van der Waals surface area contributed by atoms with Crippen molar-refractivity contribution in [2.75, 3.05) is 11.4 Å². The molecule has 1 aliphatic rings. The maximum absolute atomic E-state index is 13.5. The van der Waals surface area contributed by atoms with Crippen molar-refractivity contribution in [3.63, 3.8) is 0 Å². The van der Waals surface area contributed by atoms with E-state index in [2.05, 4.69) is 5.32 Å². The van der Waals surface area contributed by atoms with Crippen molar-refractivity contribution in [3.8, 4) is 0 Å². The zero-order valence-electron chi connectivity index (χ0n) is 19.3. The largest absolute Gasteiger partial charge is 0.469 e. The van der Waals surface area contributed by atoms with Gasteiger partial charge in [0.2, 0.25) is 0 Å². The predicted octanol–water partition coefficient (Wildman–Crippen LogP) is 4.00. The van der Waals surface area contributed by atoms with Crippen molar-refractivity contribution in [2.24, 2.45) is 0 Å². The monoisotopic (exact) mass is 496 g/mol. The van der Waals surface area contributed by atoms with Crippen LogP contribution >= 0.6 is 0 Å². The minimum absolute atomic E-state index is 0.0139. The summed E-state index contributed by atoms with van der Waals surface area (Å²) < 4.78 is 46.6. The fourth-order valence-corrected chi connectivity index (χ4v) is 5.99. The molecule has 3 aromatic carbocycles. The van der Waals surface area contributed by atoms with Crippen LogP contribution in [0.25, 0.3) is 0 Å². The second-order valence-electron chi connectivity index (χ2n) is 8.37. The fraction of sp³-hybridized carbons (Fsp3) is 0.231. The molecule has 0 saturated carbocycles. The summed E-state index contributed by atoms with van der Waals surface area (Å²) in [6.07, 6.45) is 0.427. The molecule has 0 aliphatic carbocycles. The van der Waals surface area contributed by atoms with Crippen molar-refractivity contribution in [1.29, 1.82) is 0 Å². The molecule has 0 saturated heterocycles. The molecular formula is C26H25FN2O5S. The van der Waals surface area contributed by atoms with Gasteiger partial charge in [-0.15, -0.1) is 0 Å². The molecule has 2 atom stereocenters. The topological polar surface area (TPSA) is 92.8 Å². The Balaban J connectivity index is 1.62. The number of carbonyl (C=O) groups excluding carboxylic acids is 2. The number of hydrogen-bond donors (Lipinski definition) is 1. The molecule has 1 aliphatic heterocycles. The normalized spacial score (nSPS) is 15.9. The van der Waals surface area contributed by atoms with Gasteiger partial charge in [0.1, 0.15) is 5.82 Å². The third-order valence-corrected chi connectivity index (χ3v) is 7.90. The highest BCUT2D eigenvalue weighted by Gasteiger charge is 2.36. The van der Waals surface area contributed by atoms with Crippen LogP contribution in [-0.2, 0) is 26.0 Å². The van der Waals surface area contributed by atoms with Gasteiger partial charge in [-0.05, 0) is 60.9 Å². The number of sulfonamides is 1. The highest BCUT2D eigenvalue weighted by Crippen LogP contribution is 2.36. The number of para-hydroxylation sites is 1. The molecule has 1 amide bonds. The van der Waals surface area contributed by atoms with Gasteiger partial charge in [0.25, 0.3) is 15.9 Å². The smallest absolute Gasteiger partial charge is 0.307 e. The summed E-state index contributed by atoms with van der Waals surface area (Å²) in [5.74, 6) is -1.58. The average molecular weight is 497 g/mol. The number of nitrogens with zero attached hydrogens (tertiary/aromatic N) is 1. The molecule has 0 spiro atoms. The Morgan fingerprint density at radius 3 is 2.51 bits per heavy atom. The summed E-state index contributed by atoms with van der Waals surface area (Å²) in [4.78, 5) is 25.0. The lowest BCUT2D eigenvalue weighted by Crippen LogP contribution is -2.36. The minimum Gasteiger partial charge on any atom is -0.469 e. The number of methoxy groups -OCH3 is 1. The van der Waals surface area contributed by atoms with Crippen LogP contribution in [0, 0.1) is 5.82 Å². The zero-order chi connectivity index (χ0) is 25.2. The quantitative estimate of drug-likeness (QED) is 0.499. The number of rotatable bonds is 7. The predicted molar refractivity (Wildman–Crippen MR) is 129 cm³/mol. The molecule has 1 heterocycles. The first kappa shape index (κ1) is 24.4. The van der Waals surface area contributed by atoms with Crippen molar-refractivity contribution >= 4 is 27.6 Å². The Morgan fingerprint density at radius 2 is 1.80 bits per heavy atom. The van der Waals surface area contributed by atoms with Gasteiger partial charge in [-0.25, -0.2) is 12.8 Å². The number of hydrogen-bond acceptors (Lipinski definition) is 5.